The van der Waals surface area contributed by atoms with Gasteiger partial charge in [0.25, 0.3) is 5.56 Å². The summed E-state index contributed by atoms with van der Waals surface area (Å²) in [5.74, 6) is 3.55. The smallest absolute Gasteiger partial charge is 0.266 e. The highest BCUT2D eigenvalue weighted by Crippen LogP contribution is 2.59. The third-order valence-corrected chi connectivity index (χ3v) is 5.86. The molecule has 0 unspecified atom stereocenters. The van der Waals surface area contributed by atoms with Gasteiger partial charge in [-0.25, -0.2) is 4.68 Å². The van der Waals surface area contributed by atoms with Crippen molar-refractivity contribution in [3.63, 3.8) is 0 Å². The number of nitrogens with zero attached hydrogens (tertiary/aromatic N) is 3. The summed E-state index contributed by atoms with van der Waals surface area (Å²) in [6.45, 7) is 0. The minimum atomic E-state index is -0.237. The predicted molar refractivity (Wildman–Crippen MR) is 74.0 cm³/mol. The number of aryl methyl sites for hydroxylation is 1. The first-order valence-corrected chi connectivity index (χ1v) is 7.63. The summed E-state index contributed by atoms with van der Waals surface area (Å²) in [6, 6.07) is 2.14. The molecule has 0 aromatic carbocycles. The van der Waals surface area contributed by atoms with Crippen molar-refractivity contribution < 1.29 is 0 Å². The molecule has 20 heavy (non-hydrogen) atoms. The van der Waals surface area contributed by atoms with E-state index >= 15 is 0 Å². The van der Waals surface area contributed by atoms with E-state index in [1.807, 2.05) is 0 Å². The Labute approximate surface area is 118 Å². The van der Waals surface area contributed by atoms with E-state index < -0.39 is 0 Å². The topological polar surface area (TPSA) is 58.7 Å². The van der Waals surface area contributed by atoms with Gasteiger partial charge in [0.1, 0.15) is 11.6 Å². The summed E-state index contributed by atoms with van der Waals surface area (Å²) in [7, 11) is 1.61. The maximum Gasteiger partial charge on any atom is 0.284 e. The van der Waals surface area contributed by atoms with E-state index in [0.29, 0.717) is 23.3 Å². The Morgan fingerprint density at radius 2 is 1.80 bits per heavy atom. The van der Waals surface area contributed by atoms with Crippen LogP contribution in [0.2, 0.25) is 0 Å². The van der Waals surface area contributed by atoms with Gasteiger partial charge in [0, 0.05) is 7.05 Å². The molecule has 0 saturated heterocycles. The molecule has 0 aliphatic heterocycles. The highest BCUT2D eigenvalue weighted by atomic mass is 16.1. The van der Waals surface area contributed by atoms with Crippen LogP contribution in [0.5, 0.6) is 0 Å². The fourth-order valence-corrected chi connectivity index (χ4v) is 5.35. The maximum absolute atomic E-state index is 12.1. The molecule has 4 fully saturated rings. The van der Waals surface area contributed by atoms with Gasteiger partial charge in [-0.05, 0) is 67.3 Å². The molecule has 4 bridgehead atoms. The summed E-state index contributed by atoms with van der Waals surface area (Å²) in [5.41, 5.74) is 1.03. The Bertz CT molecular complexity index is 627. The predicted octanol–water partition coefficient (Wildman–Crippen LogP) is 2.19. The molecule has 0 spiro atoms. The lowest BCUT2D eigenvalue weighted by molar-refractivity contribution is -0.00309. The van der Waals surface area contributed by atoms with Gasteiger partial charge >= 0.3 is 0 Å². The molecular formula is C16H19N3O. The molecule has 4 aliphatic carbocycles. The van der Waals surface area contributed by atoms with Crippen LogP contribution in [0.4, 0.5) is 0 Å². The van der Waals surface area contributed by atoms with Crippen LogP contribution in [0.3, 0.4) is 0 Å². The highest BCUT2D eigenvalue weighted by molar-refractivity contribution is 5.38. The van der Waals surface area contributed by atoms with Crippen molar-refractivity contribution in [2.75, 3.05) is 0 Å². The fourth-order valence-electron chi connectivity index (χ4n) is 5.35. The van der Waals surface area contributed by atoms with Crippen LogP contribution in [0.1, 0.15) is 49.1 Å². The molecule has 4 heteroatoms. The maximum atomic E-state index is 12.1. The summed E-state index contributed by atoms with van der Waals surface area (Å²) < 4.78 is 1.28. The second-order valence-corrected chi connectivity index (χ2v) is 6.97. The minimum Gasteiger partial charge on any atom is -0.266 e. The third-order valence-electron chi connectivity index (χ3n) is 5.86. The molecule has 0 amide bonds. The Kier molecular flexibility index (Phi) is 2.54. The van der Waals surface area contributed by atoms with E-state index in [-0.39, 0.29) is 5.56 Å². The van der Waals surface area contributed by atoms with Crippen LogP contribution in [-0.4, -0.2) is 9.78 Å². The Hall–Kier alpha value is -1.63. The first-order chi connectivity index (χ1) is 9.67. The molecule has 0 N–H and O–H groups in total. The van der Waals surface area contributed by atoms with Crippen LogP contribution < -0.4 is 5.56 Å². The largest absolute Gasteiger partial charge is 0.284 e. The van der Waals surface area contributed by atoms with Gasteiger partial charge in [0.2, 0.25) is 0 Å². The Balaban J connectivity index is 1.81. The summed E-state index contributed by atoms with van der Waals surface area (Å²) >= 11 is 0. The van der Waals surface area contributed by atoms with Gasteiger partial charge in [0.05, 0.1) is 6.20 Å². The summed E-state index contributed by atoms with van der Waals surface area (Å²) in [4.78, 5) is 12.1. The minimum absolute atomic E-state index is 0.237. The first kappa shape index (κ1) is 12.1. The molecule has 4 aliphatic rings. The van der Waals surface area contributed by atoms with E-state index in [0.717, 1.165) is 17.4 Å². The van der Waals surface area contributed by atoms with Crippen LogP contribution in [0, 0.1) is 35.0 Å². The van der Waals surface area contributed by atoms with E-state index in [1.165, 1.54) is 36.8 Å². The molecule has 1 aromatic rings. The molecule has 1 heterocycles. The zero-order chi connectivity index (χ0) is 13.9. The zero-order valence-electron chi connectivity index (χ0n) is 11.7. The third kappa shape index (κ3) is 1.59. The van der Waals surface area contributed by atoms with E-state index in [1.54, 1.807) is 13.2 Å². The highest BCUT2D eigenvalue weighted by Gasteiger charge is 2.49. The number of hydrogen-bond acceptors (Lipinski definition) is 3. The van der Waals surface area contributed by atoms with Crippen molar-refractivity contribution in [2.45, 2.75) is 38.0 Å². The van der Waals surface area contributed by atoms with Gasteiger partial charge in [0.15, 0.2) is 0 Å². The van der Waals surface area contributed by atoms with Gasteiger partial charge < -0.3 is 0 Å². The average Bonchev–Trinajstić information content (AvgIpc) is 2.41. The van der Waals surface area contributed by atoms with E-state index in [4.69, 9.17) is 0 Å². The summed E-state index contributed by atoms with van der Waals surface area (Å²) in [5, 5.41) is 13.6. The number of nitriles is 1. The Morgan fingerprint density at radius 1 is 1.20 bits per heavy atom. The molecule has 4 saturated carbocycles. The van der Waals surface area contributed by atoms with Gasteiger partial charge in [-0.2, -0.15) is 10.4 Å². The average molecular weight is 269 g/mol. The van der Waals surface area contributed by atoms with Crippen LogP contribution in [-0.2, 0) is 7.05 Å². The van der Waals surface area contributed by atoms with Crippen molar-refractivity contribution in [3.8, 4) is 6.07 Å². The first-order valence-electron chi connectivity index (χ1n) is 7.63. The van der Waals surface area contributed by atoms with Gasteiger partial charge in [-0.1, -0.05) is 0 Å². The van der Waals surface area contributed by atoms with Crippen molar-refractivity contribution in [3.05, 3.63) is 27.7 Å². The van der Waals surface area contributed by atoms with Crippen LogP contribution in [0.25, 0.3) is 0 Å². The number of aromatic nitrogens is 2. The lowest BCUT2D eigenvalue weighted by Crippen LogP contribution is -2.44. The molecule has 5 rings (SSSR count). The second kappa shape index (κ2) is 4.18. The molecule has 0 radical (unpaired) electrons. The molecule has 4 nitrogen and oxygen atoms in total. The van der Waals surface area contributed by atoms with Gasteiger partial charge in [-0.15, -0.1) is 0 Å². The normalized spacial score (nSPS) is 37.9. The number of hydrogen-bond donors (Lipinski definition) is 0. The fraction of sp³-hybridized carbons (Fsp3) is 0.688. The van der Waals surface area contributed by atoms with Gasteiger partial charge in [-0.3, -0.25) is 4.79 Å². The zero-order valence-corrected chi connectivity index (χ0v) is 11.7. The van der Waals surface area contributed by atoms with Crippen molar-refractivity contribution in [1.82, 2.24) is 9.78 Å². The summed E-state index contributed by atoms with van der Waals surface area (Å²) in [6.07, 6.45) is 8.36. The SMILES string of the molecule is Cn1ncc(C2C3CC4CC(C3)CC2C4)c(C#N)c1=O. The quantitative estimate of drug-likeness (QED) is 0.785. The van der Waals surface area contributed by atoms with Crippen molar-refractivity contribution in [1.29, 1.82) is 5.26 Å². The van der Waals surface area contributed by atoms with E-state index in [9.17, 15) is 10.1 Å². The van der Waals surface area contributed by atoms with Crippen LogP contribution in [0.15, 0.2) is 11.0 Å². The number of rotatable bonds is 1. The Morgan fingerprint density at radius 3 is 2.35 bits per heavy atom. The van der Waals surface area contributed by atoms with E-state index in [2.05, 4.69) is 11.2 Å². The second-order valence-electron chi connectivity index (χ2n) is 6.97. The molecule has 1 aromatic heterocycles. The lowest BCUT2D eigenvalue weighted by Gasteiger charge is -2.54. The standard InChI is InChI=1S/C16H19N3O/c1-19-16(20)13(7-17)14(8-18-19)15-11-3-9-2-10(5-11)6-12(15)4-9/h8-12,15H,2-6H2,1H3. The van der Waals surface area contributed by atoms with Crippen molar-refractivity contribution >= 4 is 0 Å². The molecule has 104 valence electrons. The molecule has 0 atom stereocenters. The van der Waals surface area contributed by atoms with Crippen LogP contribution >= 0.6 is 0 Å². The van der Waals surface area contributed by atoms with Crippen molar-refractivity contribution in [2.24, 2.45) is 30.7 Å². The molecular weight excluding hydrogens is 250 g/mol. The lowest BCUT2D eigenvalue weighted by atomic mass is 9.50. The monoisotopic (exact) mass is 269 g/mol.